The third-order valence-electron chi connectivity index (χ3n) is 2.29. The predicted octanol–water partition coefficient (Wildman–Crippen LogP) is 0.507. The summed E-state index contributed by atoms with van der Waals surface area (Å²) in [7, 11) is -2.02. The Labute approximate surface area is 105 Å². The molecule has 0 aliphatic carbocycles. The fraction of sp³-hybridized carbons (Fsp3) is 0.200. The first-order chi connectivity index (χ1) is 8.38. The summed E-state index contributed by atoms with van der Waals surface area (Å²) in [5.74, 6) is 0.245. The average molecular weight is 267 g/mol. The number of sulfonamides is 1. The van der Waals surface area contributed by atoms with Crippen molar-refractivity contribution in [3.63, 3.8) is 0 Å². The number of hydrogen-bond donors (Lipinski definition) is 2. The van der Waals surface area contributed by atoms with Gasteiger partial charge in [-0.1, -0.05) is 0 Å². The summed E-state index contributed by atoms with van der Waals surface area (Å²) >= 11 is 0. The van der Waals surface area contributed by atoms with Crippen LogP contribution in [-0.4, -0.2) is 23.0 Å². The van der Waals surface area contributed by atoms with E-state index < -0.39 is 10.0 Å². The second kappa shape index (κ2) is 4.30. The van der Waals surface area contributed by atoms with E-state index in [1.807, 2.05) is 0 Å². The lowest BCUT2D eigenvalue weighted by Crippen LogP contribution is -2.15. The monoisotopic (exact) mass is 267 g/mol. The second-order valence-corrected chi connectivity index (χ2v) is 5.55. The van der Waals surface area contributed by atoms with Crippen LogP contribution in [0.2, 0.25) is 0 Å². The molecule has 0 saturated heterocycles. The van der Waals surface area contributed by atoms with Crippen LogP contribution in [0.25, 0.3) is 0 Å². The molecule has 0 aliphatic rings. The number of pyridine rings is 1. The van der Waals surface area contributed by atoms with Crippen molar-refractivity contribution in [2.24, 2.45) is 7.05 Å². The first-order valence-corrected chi connectivity index (χ1v) is 6.60. The van der Waals surface area contributed by atoms with Crippen molar-refractivity contribution in [2.75, 3.05) is 10.5 Å². The fourth-order valence-electron chi connectivity index (χ4n) is 1.41. The maximum absolute atomic E-state index is 12.0. The molecule has 2 heterocycles. The number of hydrogen-bond acceptors (Lipinski definition) is 5. The normalized spacial score (nSPS) is 11.4. The van der Waals surface area contributed by atoms with Gasteiger partial charge in [-0.25, -0.2) is 9.97 Å². The molecule has 0 bridgehead atoms. The second-order valence-electron chi connectivity index (χ2n) is 3.92. The fourth-order valence-corrected chi connectivity index (χ4v) is 2.47. The zero-order valence-electron chi connectivity index (χ0n) is 9.95. The molecule has 0 atom stereocenters. The predicted molar refractivity (Wildman–Crippen MR) is 67.4 cm³/mol. The van der Waals surface area contributed by atoms with Crippen molar-refractivity contribution >= 4 is 21.5 Å². The molecule has 0 aliphatic heterocycles. The molecule has 2 aromatic rings. The van der Waals surface area contributed by atoms with E-state index in [1.165, 1.54) is 18.7 Å². The van der Waals surface area contributed by atoms with E-state index in [4.69, 9.17) is 5.73 Å². The molecule has 3 N–H and O–H groups in total. The molecule has 0 saturated carbocycles. The highest BCUT2D eigenvalue weighted by Gasteiger charge is 2.18. The van der Waals surface area contributed by atoms with Crippen molar-refractivity contribution in [3.8, 4) is 0 Å². The van der Waals surface area contributed by atoms with Crippen molar-refractivity contribution < 1.29 is 8.42 Å². The highest BCUT2D eigenvalue weighted by molar-refractivity contribution is 7.92. The number of nitrogen functional groups attached to an aromatic ring is 1. The van der Waals surface area contributed by atoms with Gasteiger partial charge in [-0.3, -0.25) is 4.72 Å². The van der Waals surface area contributed by atoms with Gasteiger partial charge in [0, 0.05) is 13.2 Å². The van der Waals surface area contributed by atoms with Gasteiger partial charge in [0.05, 0.1) is 18.2 Å². The zero-order valence-corrected chi connectivity index (χ0v) is 10.8. The number of anilines is 2. The third-order valence-corrected chi connectivity index (χ3v) is 3.51. The lowest BCUT2D eigenvalue weighted by molar-refractivity contribution is 0.598. The highest BCUT2D eigenvalue weighted by atomic mass is 32.2. The molecule has 0 fully saturated rings. The van der Waals surface area contributed by atoms with Gasteiger partial charge in [-0.15, -0.1) is 0 Å². The van der Waals surface area contributed by atoms with E-state index in [2.05, 4.69) is 14.7 Å². The number of nitrogens with one attached hydrogen (secondary N) is 1. The van der Waals surface area contributed by atoms with Crippen LogP contribution in [0, 0.1) is 6.92 Å². The van der Waals surface area contributed by atoms with Gasteiger partial charge in [-0.05, 0) is 18.6 Å². The van der Waals surface area contributed by atoms with Crippen LogP contribution < -0.4 is 10.5 Å². The number of aryl methyl sites for hydroxylation is 2. The van der Waals surface area contributed by atoms with Gasteiger partial charge < -0.3 is 10.3 Å². The topological polar surface area (TPSA) is 103 Å². The molecule has 0 spiro atoms. The standard InChI is InChI=1S/C10H13N5O2S/c1-7-3-8(11)4-12-10(7)14-18(16,17)9-5-15(2)6-13-9/h3-6H,11H2,1-2H3,(H,12,14). The molecule has 2 rings (SSSR count). The van der Waals surface area contributed by atoms with Crippen molar-refractivity contribution in [1.29, 1.82) is 0 Å². The van der Waals surface area contributed by atoms with Gasteiger partial charge in [0.2, 0.25) is 0 Å². The first kappa shape index (κ1) is 12.4. The molecule has 0 aromatic carbocycles. The summed E-state index contributed by atoms with van der Waals surface area (Å²) in [5, 5.41) is -0.0528. The highest BCUT2D eigenvalue weighted by Crippen LogP contribution is 2.17. The maximum Gasteiger partial charge on any atom is 0.282 e. The van der Waals surface area contributed by atoms with Crippen LogP contribution in [0.1, 0.15) is 5.56 Å². The number of aromatic nitrogens is 3. The molecule has 7 nitrogen and oxygen atoms in total. The summed E-state index contributed by atoms with van der Waals surface area (Å²) in [6.07, 6.45) is 4.22. The average Bonchev–Trinajstić information content (AvgIpc) is 2.70. The minimum atomic E-state index is -3.71. The van der Waals surface area contributed by atoms with Gasteiger partial charge >= 0.3 is 0 Å². The zero-order chi connectivity index (χ0) is 13.3. The SMILES string of the molecule is Cc1cc(N)cnc1NS(=O)(=O)c1cn(C)cn1. The Kier molecular flexibility index (Phi) is 2.95. The Balaban J connectivity index is 2.33. The van der Waals surface area contributed by atoms with E-state index in [1.54, 1.807) is 24.6 Å². The first-order valence-electron chi connectivity index (χ1n) is 5.11. The van der Waals surface area contributed by atoms with E-state index in [-0.39, 0.29) is 10.8 Å². The molecule has 96 valence electrons. The minimum Gasteiger partial charge on any atom is -0.397 e. The Hall–Kier alpha value is -2.09. The molecule has 0 amide bonds. The van der Waals surface area contributed by atoms with Gasteiger partial charge in [-0.2, -0.15) is 8.42 Å². The number of imidazole rings is 1. The van der Waals surface area contributed by atoms with Gasteiger partial charge in [0.25, 0.3) is 10.0 Å². The lowest BCUT2D eigenvalue weighted by Gasteiger charge is -2.08. The Bertz CT molecular complexity index is 677. The van der Waals surface area contributed by atoms with Gasteiger partial charge in [0.15, 0.2) is 5.03 Å². The third kappa shape index (κ3) is 2.43. The minimum absolute atomic E-state index is 0.0528. The quantitative estimate of drug-likeness (QED) is 0.843. The van der Waals surface area contributed by atoms with E-state index >= 15 is 0 Å². The summed E-state index contributed by atoms with van der Waals surface area (Å²) in [6, 6.07) is 1.64. The van der Waals surface area contributed by atoms with Crippen molar-refractivity contribution in [3.05, 3.63) is 30.4 Å². The number of nitrogens with two attached hydrogens (primary N) is 1. The van der Waals surface area contributed by atoms with Crippen molar-refractivity contribution in [1.82, 2.24) is 14.5 Å². The Morgan fingerprint density at radius 3 is 2.67 bits per heavy atom. The van der Waals surface area contributed by atoms with E-state index in [0.717, 1.165) is 0 Å². The van der Waals surface area contributed by atoms with Crippen LogP contribution in [0.15, 0.2) is 29.8 Å². The largest absolute Gasteiger partial charge is 0.397 e. The van der Waals surface area contributed by atoms with Crippen LogP contribution in [0.5, 0.6) is 0 Å². The molecule has 0 unspecified atom stereocenters. The molecule has 2 aromatic heterocycles. The maximum atomic E-state index is 12.0. The summed E-state index contributed by atoms with van der Waals surface area (Å²) in [5.41, 5.74) is 6.68. The number of nitrogens with zero attached hydrogens (tertiary/aromatic N) is 3. The Morgan fingerprint density at radius 1 is 1.39 bits per heavy atom. The summed E-state index contributed by atoms with van der Waals surface area (Å²) in [4.78, 5) is 7.74. The van der Waals surface area contributed by atoms with Crippen LogP contribution in [0.4, 0.5) is 11.5 Å². The van der Waals surface area contributed by atoms with E-state index in [0.29, 0.717) is 11.3 Å². The number of rotatable bonds is 3. The Morgan fingerprint density at radius 2 is 2.11 bits per heavy atom. The van der Waals surface area contributed by atoms with Crippen LogP contribution in [-0.2, 0) is 17.1 Å². The van der Waals surface area contributed by atoms with E-state index in [9.17, 15) is 8.42 Å². The summed E-state index contributed by atoms with van der Waals surface area (Å²) in [6.45, 7) is 1.72. The van der Waals surface area contributed by atoms with Gasteiger partial charge in [0.1, 0.15) is 5.82 Å². The molecule has 18 heavy (non-hydrogen) atoms. The molecule has 8 heteroatoms. The molecular formula is C10H13N5O2S. The lowest BCUT2D eigenvalue weighted by atomic mass is 10.3. The van der Waals surface area contributed by atoms with Crippen LogP contribution in [0.3, 0.4) is 0 Å². The smallest absolute Gasteiger partial charge is 0.282 e. The molecular weight excluding hydrogens is 254 g/mol. The van der Waals surface area contributed by atoms with Crippen molar-refractivity contribution in [2.45, 2.75) is 11.9 Å². The molecule has 0 radical (unpaired) electrons. The summed E-state index contributed by atoms with van der Waals surface area (Å²) < 4.78 is 27.9. The van der Waals surface area contributed by atoms with Crippen LogP contribution >= 0.6 is 0 Å².